The van der Waals surface area contributed by atoms with Crippen molar-refractivity contribution < 1.29 is 4.92 Å². The molecule has 112 valence electrons. The zero-order chi connectivity index (χ0) is 14.7. The number of piperidine rings is 1. The topological polar surface area (TPSA) is 90.2 Å². The van der Waals surface area contributed by atoms with E-state index in [-0.39, 0.29) is 10.6 Å². The van der Waals surface area contributed by atoms with Gasteiger partial charge in [0.15, 0.2) is 0 Å². The van der Waals surface area contributed by atoms with Gasteiger partial charge in [0.05, 0.1) is 4.92 Å². The summed E-state index contributed by atoms with van der Waals surface area (Å²) < 4.78 is 1.79. The van der Waals surface area contributed by atoms with Crippen molar-refractivity contribution in [3.63, 3.8) is 0 Å². The summed E-state index contributed by atoms with van der Waals surface area (Å²) in [6.07, 6.45) is 2.89. The maximum atomic E-state index is 11.3. The van der Waals surface area contributed by atoms with Gasteiger partial charge in [-0.2, -0.15) is 5.10 Å². The van der Waals surface area contributed by atoms with Crippen LogP contribution in [0.25, 0.3) is 0 Å². The second kappa shape index (κ2) is 6.21. The van der Waals surface area contributed by atoms with Crippen LogP contribution in [0, 0.1) is 23.0 Å². The molecule has 0 aromatic carbocycles. The number of rotatable bonds is 5. The molecule has 2 rings (SSSR count). The lowest BCUT2D eigenvalue weighted by atomic mass is 9.97. The lowest BCUT2D eigenvalue weighted by Gasteiger charge is -2.32. The molecule has 0 unspecified atom stereocenters. The number of hydrogen-bond acceptors (Lipinski definition) is 5. The highest BCUT2D eigenvalue weighted by molar-refractivity contribution is 5.61. The van der Waals surface area contributed by atoms with Crippen LogP contribution in [0.1, 0.15) is 31.9 Å². The molecule has 0 saturated carbocycles. The Hall–Kier alpha value is -1.63. The number of aromatic nitrogens is 2. The molecule has 0 atom stereocenters. The zero-order valence-corrected chi connectivity index (χ0v) is 12.2. The van der Waals surface area contributed by atoms with Crippen LogP contribution >= 0.6 is 0 Å². The monoisotopic (exact) mass is 281 g/mol. The average Bonchev–Trinajstić information content (AvgIpc) is 2.76. The molecule has 0 aliphatic carbocycles. The van der Waals surface area contributed by atoms with E-state index in [2.05, 4.69) is 10.00 Å². The molecule has 1 aliphatic rings. The molecule has 1 aromatic rings. The van der Waals surface area contributed by atoms with Gasteiger partial charge in [0.25, 0.3) is 0 Å². The Balaban J connectivity index is 2.31. The summed E-state index contributed by atoms with van der Waals surface area (Å²) in [6, 6.07) is 0. The van der Waals surface area contributed by atoms with Crippen molar-refractivity contribution in [1.29, 1.82) is 0 Å². The molecule has 2 heterocycles. The van der Waals surface area contributed by atoms with Crippen molar-refractivity contribution in [2.45, 2.75) is 39.7 Å². The molecule has 1 aromatic heterocycles. The molecule has 7 nitrogen and oxygen atoms in total. The maximum Gasteiger partial charge on any atom is 0.333 e. The Bertz CT molecular complexity index is 477. The third kappa shape index (κ3) is 2.77. The summed E-state index contributed by atoms with van der Waals surface area (Å²) in [7, 11) is 0. The normalized spacial score (nSPS) is 16.6. The molecular formula is C13H23N5O2. The first kappa shape index (κ1) is 14.8. The number of aryl methyl sites for hydroxylation is 2. The second-order valence-electron chi connectivity index (χ2n) is 5.40. The lowest BCUT2D eigenvalue weighted by molar-refractivity contribution is -0.384. The quantitative estimate of drug-likeness (QED) is 0.655. The number of nitrogens with zero attached hydrogens (tertiary/aromatic N) is 4. The number of anilines is 1. The van der Waals surface area contributed by atoms with Gasteiger partial charge in [-0.3, -0.25) is 10.1 Å². The van der Waals surface area contributed by atoms with Crippen LogP contribution in [0.2, 0.25) is 0 Å². The summed E-state index contributed by atoms with van der Waals surface area (Å²) >= 11 is 0. The van der Waals surface area contributed by atoms with E-state index < -0.39 is 0 Å². The van der Waals surface area contributed by atoms with Crippen LogP contribution in [0.3, 0.4) is 0 Å². The number of nitrogens with two attached hydrogens (primary N) is 1. The van der Waals surface area contributed by atoms with Crippen molar-refractivity contribution >= 4 is 11.5 Å². The Morgan fingerprint density at radius 2 is 2.10 bits per heavy atom. The van der Waals surface area contributed by atoms with Crippen molar-refractivity contribution in [3.05, 3.63) is 15.8 Å². The SMILES string of the molecule is CCCn1nc(C)c([N+](=O)[O-])c1N1CCC(CN)CC1. The van der Waals surface area contributed by atoms with E-state index in [4.69, 9.17) is 5.73 Å². The fourth-order valence-corrected chi connectivity index (χ4v) is 2.83. The van der Waals surface area contributed by atoms with Crippen molar-refractivity contribution in [1.82, 2.24) is 9.78 Å². The molecule has 0 amide bonds. The summed E-state index contributed by atoms with van der Waals surface area (Å²) in [6.45, 7) is 6.80. The third-order valence-corrected chi connectivity index (χ3v) is 3.94. The first-order valence-corrected chi connectivity index (χ1v) is 7.25. The van der Waals surface area contributed by atoms with Gasteiger partial charge in [-0.25, -0.2) is 4.68 Å². The van der Waals surface area contributed by atoms with E-state index in [9.17, 15) is 10.1 Å². The second-order valence-corrected chi connectivity index (χ2v) is 5.40. The Kier molecular flexibility index (Phi) is 4.59. The summed E-state index contributed by atoms with van der Waals surface area (Å²) in [5, 5.41) is 15.7. The van der Waals surface area contributed by atoms with E-state index >= 15 is 0 Å². The summed E-state index contributed by atoms with van der Waals surface area (Å²) in [4.78, 5) is 13.1. The van der Waals surface area contributed by atoms with Gasteiger partial charge in [-0.1, -0.05) is 6.92 Å². The van der Waals surface area contributed by atoms with Crippen LogP contribution in [0.4, 0.5) is 11.5 Å². The Morgan fingerprint density at radius 1 is 1.45 bits per heavy atom. The molecule has 0 spiro atoms. The highest BCUT2D eigenvalue weighted by Gasteiger charge is 2.31. The largest absolute Gasteiger partial charge is 0.351 e. The van der Waals surface area contributed by atoms with Crippen LogP contribution < -0.4 is 10.6 Å². The first-order chi connectivity index (χ1) is 9.58. The van der Waals surface area contributed by atoms with Crippen LogP contribution in [0.15, 0.2) is 0 Å². The Labute approximate surface area is 118 Å². The van der Waals surface area contributed by atoms with Crippen molar-refractivity contribution in [3.8, 4) is 0 Å². The fourth-order valence-electron chi connectivity index (χ4n) is 2.83. The minimum absolute atomic E-state index is 0.157. The molecule has 1 aliphatic heterocycles. The van der Waals surface area contributed by atoms with Gasteiger partial charge in [0, 0.05) is 19.6 Å². The molecule has 0 radical (unpaired) electrons. The van der Waals surface area contributed by atoms with E-state index in [1.54, 1.807) is 11.6 Å². The molecule has 1 fully saturated rings. The van der Waals surface area contributed by atoms with E-state index in [0.717, 1.165) is 32.4 Å². The third-order valence-electron chi connectivity index (χ3n) is 3.94. The predicted octanol–water partition coefficient (Wildman–Crippen LogP) is 1.68. The number of hydrogen-bond donors (Lipinski definition) is 1. The van der Waals surface area contributed by atoms with Crippen LogP contribution in [0.5, 0.6) is 0 Å². The highest BCUT2D eigenvalue weighted by atomic mass is 16.6. The molecule has 20 heavy (non-hydrogen) atoms. The number of nitro groups is 1. The van der Waals surface area contributed by atoms with E-state index in [1.165, 1.54) is 0 Å². The minimum Gasteiger partial charge on any atom is -0.351 e. The highest BCUT2D eigenvalue weighted by Crippen LogP contribution is 2.34. The first-order valence-electron chi connectivity index (χ1n) is 7.25. The smallest absolute Gasteiger partial charge is 0.333 e. The van der Waals surface area contributed by atoms with Gasteiger partial charge in [-0.05, 0) is 38.6 Å². The lowest BCUT2D eigenvalue weighted by Crippen LogP contribution is -2.37. The van der Waals surface area contributed by atoms with Crippen molar-refractivity contribution in [2.75, 3.05) is 24.5 Å². The standard InChI is InChI=1S/C13H23N5O2/c1-3-6-17-13(12(18(19)20)10(2)15-17)16-7-4-11(9-14)5-8-16/h11H,3-9,14H2,1-2H3. The van der Waals surface area contributed by atoms with Crippen LogP contribution in [-0.2, 0) is 6.54 Å². The summed E-state index contributed by atoms with van der Waals surface area (Å²) in [5.74, 6) is 1.21. The van der Waals surface area contributed by atoms with E-state index in [0.29, 0.717) is 30.5 Å². The zero-order valence-electron chi connectivity index (χ0n) is 12.2. The molecule has 0 bridgehead atoms. The fraction of sp³-hybridized carbons (Fsp3) is 0.769. The van der Waals surface area contributed by atoms with Crippen molar-refractivity contribution in [2.24, 2.45) is 11.7 Å². The van der Waals surface area contributed by atoms with Crippen LogP contribution in [-0.4, -0.2) is 34.3 Å². The molecule has 1 saturated heterocycles. The average molecular weight is 281 g/mol. The molecule has 2 N–H and O–H groups in total. The predicted molar refractivity (Wildman–Crippen MR) is 77.9 cm³/mol. The van der Waals surface area contributed by atoms with Gasteiger partial charge >= 0.3 is 5.69 Å². The summed E-state index contributed by atoms with van der Waals surface area (Å²) in [5.41, 5.74) is 6.36. The van der Waals surface area contributed by atoms with Gasteiger partial charge < -0.3 is 10.6 Å². The van der Waals surface area contributed by atoms with E-state index in [1.807, 2.05) is 6.92 Å². The van der Waals surface area contributed by atoms with Gasteiger partial charge in [-0.15, -0.1) is 0 Å². The minimum atomic E-state index is -0.307. The van der Waals surface area contributed by atoms with Gasteiger partial charge in [0.1, 0.15) is 5.69 Å². The maximum absolute atomic E-state index is 11.3. The Morgan fingerprint density at radius 3 is 2.60 bits per heavy atom. The molecular weight excluding hydrogens is 258 g/mol. The van der Waals surface area contributed by atoms with Gasteiger partial charge in [0.2, 0.25) is 5.82 Å². The molecule has 7 heteroatoms.